The lowest BCUT2D eigenvalue weighted by Gasteiger charge is -2.36. The number of aromatic nitrogens is 2. The average molecular weight is 596 g/mol. The number of hydrogen-bond acceptors (Lipinski definition) is 8. The van der Waals surface area contributed by atoms with E-state index in [1.54, 1.807) is 37.8 Å². The number of fused-ring (bicyclic) bond motifs is 2. The largest absolute Gasteiger partial charge is 0.508 e. The second-order valence-corrected chi connectivity index (χ2v) is 11.5. The molecule has 0 aliphatic carbocycles. The number of anilines is 2. The third-order valence-electron chi connectivity index (χ3n) is 6.83. The maximum absolute atomic E-state index is 16.5. The first-order valence-electron chi connectivity index (χ1n) is 13.5. The molecule has 12 heteroatoms. The van der Waals surface area contributed by atoms with E-state index in [-0.39, 0.29) is 40.8 Å². The lowest BCUT2D eigenvalue weighted by Crippen LogP contribution is -2.50. The van der Waals surface area contributed by atoms with Crippen molar-refractivity contribution in [3.8, 4) is 16.9 Å². The minimum atomic E-state index is -1.00. The normalized spacial score (nSPS) is 13.9. The zero-order valence-electron chi connectivity index (χ0n) is 23.4. The summed E-state index contributed by atoms with van der Waals surface area (Å²) in [6.07, 6.45) is -0.600. The summed E-state index contributed by atoms with van der Waals surface area (Å²) in [7, 11) is 0. The Morgan fingerprint density at radius 1 is 1.07 bits per heavy atom. The molecule has 2 heterocycles. The number of carboxylic acid groups (broad SMARTS) is 1. The fraction of sp³-hybridized carbons (Fsp3) is 0.333. The highest BCUT2D eigenvalue weighted by atomic mass is 35.5. The van der Waals surface area contributed by atoms with Gasteiger partial charge in [-0.05, 0) is 55.3 Å². The van der Waals surface area contributed by atoms with E-state index in [4.69, 9.17) is 21.4 Å². The highest BCUT2D eigenvalue weighted by molar-refractivity contribution is 6.35. The SMILES string of the molecule is CC(C)(C)OC(=O)N1CCN(c2nc(NCCC(=O)O)nc3c(F)c(-c4cc(O)cc5ccccc45)c(Cl)cc23)CC1. The molecule has 10 nitrogen and oxygen atoms in total. The second-order valence-electron chi connectivity index (χ2n) is 11.1. The predicted octanol–water partition coefficient (Wildman–Crippen LogP) is 5.89. The molecule has 1 aliphatic heterocycles. The number of benzene rings is 3. The molecular weight excluding hydrogens is 565 g/mol. The molecule has 42 heavy (non-hydrogen) atoms. The molecule has 0 atom stereocenters. The van der Waals surface area contributed by atoms with Crippen LogP contribution in [-0.2, 0) is 9.53 Å². The van der Waals surface area contributed by atoms with Crippen molar-refractivity contribution < 1.29 is 28.9 Å². The molecule has 1 aliphatic rings. The van der Waals surface area contributed by atoms with Gasteiger partial charge in [0.1, 0.15) is 22.7 Å². The van der Waals surface area contributed by atoms with E-state index in [9.17, 15) is 14.7 Å². The second kappa shape index (κ2) is 11.5. The Balaban J connectivity index is 1.59. The first-order chi connectivity index (χ1) is 19.9. The Labute approximate surface area is 246 Å². The number of phenols is 1. The van der Waals surface area contributed by atoms with Gasteiger partial charge in [0.15, 0.2) is 5.82 Å². The van der Waals surface area contributed by atoms with Gasteiger partial charge in [-0.25, -0.2) is 14.2 Å². The summed E-state index contributed by atoms with van der Waals surface area (Å²) in [6.45, 7) is 6.93. The number of halogens is 2. The highest BCUT2D eigenvalue weighted by Gasteiger charge is 2.29. The number of nitrogens with one attached hydrogen (secondary N) is 1. The highest BCUT2D eigenvalue weighted by Crippen LogP contribution is 2.42. The molecule has 0 unspecified atom stereocenters. The molecule has 1 saturated heterocycles. The summed E-state index contributed by atoms with van der Waals surface area (Å²) in [5.74, 6) is -1.29. The number of piperazine rings is 1. The van der Waals surface area contributed by atoms with Crippen LogP contribution >= 0.6 is 11.6 Å². The Kier molecular flexibility index (Phi) is 7.96. The molecule has 3 N–H and O–H groups in total. The molecular formula is C30H31ClFN5O5. The third-order valence-corrected chi connectivity index (χ3v) is 7.13. The van der Waals surface area contributed by atoms with Crippen molar-refractivity contribution in [3.05, 3.63) is 53.3 Å². The number of rotatable bonds is 6. The molecule has 3 aromatic carbocycles. The van der Waals surface area contributed by atoms with Crippen LogP contribution in [0.2, 0.25) is 5.02 Å². The summed E-state index contributed by atoms with van der Waals surface area (Å²) >= 11 is 6.75. The first-order valence-corrected chi connectivity index (χ1v) is 13.9. The number of carbonyl (C=O) groups excluding carboxylic acids is 1. The lowest BCUT2D eigenvalue weighted by molar-refractivity contribution is -0.136. The van der Waals surface area contributed by atoms with E-state index in [1.165, 1.54) is 6.07 Å². The number of nitrogens with zero attached hydrogens (tertiary/aromatic N) is 4. The standard InChI is InChI=1S/C30H31ClFN5O5/c1-30(2,3)42-29(41)37-12-10-36(11-13-37)27-21-16-22(31)24(20-15-18(38)14-17-6-4-5-7-19(17)20)25(32)26(21)34-28(35-27)33-9-8-23(39)40/h4-7,14-16,38H,8-13H2,1-3H3,(H,39,40)(H,33,34,35). The minimum absolute atomic E-state index is 0.0146. The van der Waals surface area contributed by atoms with Gasteiger partial charge in [0, 0.05) is 43.7 Å². The van der Waals surface area contributed by atoms with Crippen LogP contribution in [0.15, 0.2) is 42.5 Å². The van der Waals surface area contributed by atoms with Crippen molar-refractivity contribution in [3.63, 3.8) is 0 Å². The van der Waals surface area contributed by atoms with Gasteiger partial charge in [0.05, 0.1) is 11.4 Å². The zero-order valence-corrected chi connectivity index (χ0v) is 24.2. The van der Waals surface area contributed by atoms with Gasteiger partial charge in [-0.1, -0.05) is 35.9 Å². The Hall–Kier alpha value is -4.38. The van der Waals surface area contributed by atoms with Crippen LogP contribution in [0, 0.1) is 5.82 Å². The van der Waals surface area contributed by atoms with Crippen LogP contribution in [0.4, 0.5) is 21.0 Å². The number of phenolic OH excluding ortho intramolecular Hbond substituents is 1. The number of amides is 1. The maximum atomic E-state index is 16.5. The Morgan fingerprint density at radius 2 is 1.79 bits per heavy atom. The summed E-state index contributed by atoms with van der Waals surface area (Å²) in [5.41, 5.74) is -0.159. The molecule has 1 aromatic heterocycles. The van der Waals surface area contributed by atoms with Crippen LogP contribution in [-0.4, -0.2) is 75.5 Å². The van der Waals surface area contributed by atoms with Crippen molar-refractivity contribution in [1.29, 1.82) is 0 Å². The van der Waals surface area contributed by atoms with Crippen molar-refractivity contribution in [2.24, 2.45) is 0 Å². The maximum Gasteiger partial charge on any atom is 0.410 e. The number of carboxylic acids is 1. The van der Waals surface area contributed by atoms with Gasteiger partial charge in [-0.15, -0.1) is 0 Å². The number of aromatic hydroxyl groups is 1. The summed E-state index contributed by atoms with van der Waals surface area (Å²) in [5, 5.41) is 24.2. The van der Waals surface area contributed by atoms with Gasteiger partial charge in [0.2, 0.25) is 5.95 Å². The zero-order chi connectivity index (χ0) is 30.2. The molecule has 1 fully saturated rings. The molecule has 1 amide bonds. The summed E-state index contributed by atoms with van der Waals surface area (Å²) in [4.78, 5) is 36.2. The number of ether oxygens (including phenoxy) is 1. The first kappa shape index (κ1) is 29.1. The monoisotopic (exact) mass is 595 g/mol. The predicted molar refractivity (Wildman–Crippen MR) is 160 cm³/mol. The van der Waals surface area contributed by atoms with E-state index < -0.39 is 23.5 Å². The van der Waals surface area contributed by atoms with Crippen molar-refractivity contribution >= 4 is 57.1 Å². The number of aliphatic carboxylic acids is 1. The van der Waals surface area contributed by atoms with Crippen molar-refractivity contribution in [2.75, 3.05) is 42.9 Å². The van der Waals surface area contributed by atoms with Crippen LogP contribution in [0.1, 0.15) is 27.2 Å². The van der Waals surface area contributed by atoms with Crippen LogP contribution in [0.5, 0.6) is 5.75 Å². The third kappa shape index (κ3) is 6.11. The van der Waals surface area contributed by atoms with Crippen LogP contribution < -0.4 is 10.2 Å². The van der Waals surface area contributed by atoms with Crippen LogP contribution in [0.25, 0.3) is 32.8 Å². The molecule has 0 bridgehead atoms. The van der Waals surface area contributed by atoms with Gasteiger partial charge in [-0.3, -0.25) is 4.79 Å². The molecule has 220 valence electrons. The Morgan fingerprint density at radius 3 is 2.48 bits per heavy atom. The van der Waals surface area contributed by atoms with E-state index in [0.717, 1.165) is 0 Å². The fourth-order valence-electron chi connectivity index (χ4n) is 4.96. The van der Waals surface area contributed by atoms with Crippen molar-refractivity contribution in [2.45, 2.75) is 32.8 Å². The van der Waals surface area contributed by atoms with E-state index >= 15 is 4.39 Å². The quantitative estimate of drug-likeness (QED) is 0.250. The van der Waals surface area contributed by atoms with Gasteiger partial charge in [0.25, 0.3) is 0 Å². The van der Waals surface area contributed by atoms with E-state index in [1.807, 2.05) is 29.2 Å². The molecule has 0 spiro atoms. The molecule has 4 aromatic rings. The topological polar surface area (TPSA) is 128 Å². The van der Waals surface area contributed by atoms with Gasteiger partial charge < -0.3 is 30.1 Å². The van der Waals surface area contributed by atoms with E-state index in [2.05, 4.69) is 15.3 Å². The van der Waals surface area contributed by atoms with Gasteiger partial charge >= 0.3 is 12.1 Å². The summed E-state index contributed by atoms with van der Waals surface area (Å²) in [6, 6.07) is 11.9. The summed E-state index contributed by atoms with van der Waals surface area (Å²) < 4.78 is 22.0. The molecule has 5 rings (SSSR count). The molecule has 0 saturated carbocycles. The number of hydrogen-bond donors (Lipinski definition) is 3. The van der Waals surface area contributed by atoms with E-state index in [0.29, 0.717) is 53.7 Å². The van der Waals surface area contributed by atoms with Crippen LogP contribution in [0.3, 0.4) is 0 Å². The molecule has 0 radical (unpaired) electrons. The number of carbonyl (C=O) groups is 2. The van der Waals surface area contributed by atoms with Gasteiger partial charge in [-0.2, -0.15) is 4.98 Å². The van der Waals surface area contributed by atoms with Crippen molar-refractivity contribution in [1.82, 2.24) is 14.9 Å². The Bertz CT molecular complexity index is 1690. The fourth-order valence-corrected chi connectivity index (χ4v) is 5.25. The smallest absolute Gasteiger partial charge is 0.410 e. The minimum Gasteiger partial charge on any atom is -0.508 e. The lowest BCUT2D eigenvalue weighted by atomic mass is 9.96. The average Bonchev–Trinajstić information content (AvgIpc) is 2.92.